The average molecular weight is 512 g/mol. The van der Waals surface area contributed by atoms with E-state index in [2.05, 4.69) is 5.32 Å². The highest BCUT2D eigenvalue weighted by Crippen LogP contribution is 2.28. The normalized spacial score (nSPS) is 11.8. The van der Waals surface area contributed by atoms with Gasteiger partial charge < -0.3 is 16.0 Å². The second-order valence-corrected chi connectivity index (χ2v) is 9.20. The maximum Gasteiger partial charge on any atom is 0.261 e. The molecule has 4 aromatic rings. The number of pyridine rings is 1. The Morgan fingerprint density at radius 3 is 2.39 bits per heavy atom. The Bertz CT molecular complexity index is 1470. The lowest BCUT2D eigenvalue weighted by Crippen LogP contribution is -2.38. The summed E-state index contributed by atoms with van der Waals surface area (Å²) in [7, 11) is 0. The summed E-state index contributed by atoms with van der Waals surface area (Å²) in [6.45, 7) is 4.27. The standard InChI is InChI=1S/C30H33N5O3/c1-3-26(34(19-9-17-31)29(37)23-13-15-24(16-14-23)32-21(2)36)28-25(20-22-10-5-4-6-11-22)30(38)35-18-8-7-12-27(35)33-28/h4-8,10-16,18,26H,3,9,17,19-20,31H2,1-2H3,(H,32,36). The fourth-order valence-corrected chi connectivity index (χ4v) is 4.67. The predicted octanol–water partition coefficient (Wildman–Crippen LogP) is 4.19. The number of rotatable bonds is 10. The minimum atomic E-state index is -0.430. The van der Waals surface area contributed by atoms with Crippen LogP contribution in [0.15, 0.2) is 83.8 Å². The van der Waals surface area contributed by atoms with E-state index in [0.717, 1.165) is 5.56 Å². The summed E-state index contributed by atoms with van der Waals surface area (Å²) in [5, 5.41) is 2.72. The van der Waals surface area contributed by atoms with Gasteiger partial charge in [-0.1, -0.05) is 43.3 Å². The van der Waals surface area contributed by atoms with Gasteiger partial charge in [0.1, 0.15) is 5.65 Å². The number of carbonyl (C=O) groups excluding carboxylic acids is 2. The summed E-state index contributed by atoms with van der Waals surface area (Å²) in [4.78, 5) is 45.7. The third-order valence-corrected chi connectivity index (χ3v) is 6.48. The Morgan fingerprint density at radius 1 is 1.03 bits per heavy atom. The molecule has 2 aromatic carbocycles. The van der Waals surface area contributed by atoms with Crippen molar-refractivity contribution in [1.82, 2.24) is 14.3 Å². The molecule has 8 nitrogen and oxygen atoms in total. The van der Waals surface area contributed by atoms with Crippen LogP contribution in [0.5, 0.6) is 0 Å². The number of anilines is 1. The van der Waals surface area contributed by atoms with Gasteiger partial charge in [-0.25, -0.2) is 4.98 Å². The van der Waals surface area contributed by atoms with Crippen LogP contribution in [0.2, 0.25) is 0 Å². The van der Waals surface area contributed by atoms with E-state index in [0.29, 0.717) is 60.5 Å². The smallest absolute Gasteiger partial charge is 0.261 e. The van der Waals surface area contributed by atoms with Crippen LogP contribution in [-0.2, 0) is 11.2 Å². The quantitative estimate of drug-likeness (QED) is 0.332. The molecule has 0 aliphatic rings. The zero-order valence-electron chi connectivity index (χ0n) is 21.8. The molecule has 0 aliphatic heterocycles. The Morgan fingerprint density at radius 2 is 1.74 bits per heavy atom. The molecule has 2 amide bonds. The molecule has 2 heterocycles. The molecule has 2 aromatic heterocycles. The van der Waals surface area contributed by atoms with E-state index >= 15 is 0 Å². The van der Waals surface area contributed by atoms with Gasteiger partial charge in [0.15, 0.2) is 0 Å². The Hall–Kier alpha value is -4.30. The number of amides is 2. The highest BCUT2D eigenvalue weighted by atomic mass is 16.2. The summed E-state index contributed by atoms with van der Waals surface area (Å²) < 4.78 is 1.56. The molecule has 0 saturated carbocycles. The second kappa shape index (κ2) is 12.3. The van der Waals surface area contributed by atoms with E-state index in [1.807, 2.05) is 43.3 Å². The molecule has 0 aliphatic carbocycles. The van der Waals surface area contributed by atoms with Crippen LogP contribution in [-0.4, -0.2) is 39.2 Å². The van der Waals surface area contributed by atoms with Crippen LogP contribution in [0.1, 0.15) is 59.9 Å². The van der Waals surface area contributed by atoms with E-state index in [1.165, 1.54) is 6.92 Å². The van der Waals surface area contributed by atoms with E-state index in [-0.39, 0.29) is 17.4 Å². The summed E-state index contributed by atoms with van der Waals surface area (Å²) in [5.41, 5.74) is 9.50. The molecule has 4 rings (SSSR count). The van der Waals surface area contributed by atoms with Crippen LogP contribution < -0.4 is 16.6 Å². The van der Waals surface area contributed by atoms with Gasteiger partial charge in [0.05, 0.1) is 11.7 Å². The molecule has 0 spiro atoms. The van der Waals surface area contributed by atoms with Crippen molar-refractivity contribution in [2.24, 2.45) is 5.73 Å². The number of carbonyl (C=O) groups is 2. The molecule has 0 radical (unpaired) electrons. The Balaban J connectivity index is 1.81. The zero-order valence-corrected chi connectivity index (χ0v) is 21.8. The van der Waals surface area contributed by atoms with Gasteiger partial charge in [-0.15, -0.1) is 0 Å². The van der Waals surface area contributed by atoms with Gasteiger partial charge >= 0.3 is 0 Å². The largest absolute Gasteiger partial charge is 0.330 e. The first kappa shape index (κ1) is 26.8. The molecular weight excluding hydrogens is 478 g/mol. The predicted molar refractivity (Wildman–Crippen MR) is 149 cm³/mol. The minimum absolute atomic E-state index is 0.140. The first-order chi connectivity index (χ1) is 18.4. The van der Waals surface area contributed by atoms with Crippen molar-refractivity contribution in [2.75, 3.05) is 18.4 Å². The SMILES string of the molecule is CCC(c1nc2ccccn2c(=O)c1Cc1ccccc1)N(CCCN)C(=O)c1ccc(NC(C)=O)cc1. The lowest BCUT2D eigenvalue weighted by molar-refractivity contribution is -0.114. The fourth-order valence-electron chi connectivity index (χ4n) is 4.67. The maximum atomic E-state index is 13.9. The third kappa shape index (κ3) is 5.98. The van der Waals surface area contributed by atoms with Crippen molar-refractivity contribution in [1.29, 1.82) is 0 Å². The number of nitrogens with zero attached hydrogens (tertiary/aromatic N) is 3. The minimum Gasteiger partial charge on any atom is -0.330 e. The average Bonchev–Trinajstić information content (AvgIpc) is 2.93. The van der Waals surface area contributed by atoms with Crippen LogP contribution in [0, 0.1) is 0 Å². The number of hydrogen-bond acceptors (Lipinski definition) is 5. The monoisotopic (exact) mass is 511 g/mol. The number of nitrogens with two attached hydrogens (primary N) is 1. The first-order valence-corrected chi connectivity index (χ1v) is 12.9. The van der Waals surface area contributed by atoms with Crippen molar-refractivity contribution in [2.45, 2.75) is 39.2 Å². The van der Waals surface area contributed by atoms with E-state index in [1.54, 1.807) is 51.9 Å². The van der Waals surface area contributed by atoms with Crippen LogP contribution >= 0.6 is 0 Å². The fraction of sp³-hybridized carbons (Fsp3) is 0.267. The molecule has 0 fully saturated rings. The first-order valence-electron chi connectivity index (χ1n) is 12.9. The molecule has 8 heteroatoms. The van der Waals surface area contributed by atoms with Crippen molar-refractivity contribution >= 4 is 23.1 Å². The topological polar surface area (TPSA) is 110 Å². The molecule has 38 heavy (non-hydrogen) atoms. The van der Waals surface area contributed by atoms with Crippen molar-refractivity contribution in [3.63, 3.8) is 0 Å². The lowest BCUT2D eigenvalue weighted by Gasteiger charge is -2.32. The van der Waals surface area contributed by atoms with Gasteiger partial charge in [0, 0.05) is 42.9 Å². The lowest BCUT2D eigenvalue weighted by atomic mass is 9.97. The van der Waals surface area contributed by atoms with Crippen molar-refractivity contribution in [3.05, 3.63) is 112 Å². The Kier molecular flexibility index (Phi) is 8.66. The summed E-state index contributed by atoms with van der Waals surface area (Å²) >= 11 is 0. The molecule has 0 saturated heterocycles. The van der Waals surface area contributed by atoms with E-state index < -0.39 is 6.04 Å². The zero-order chi connectivity index (χ0) is 27.1. The summed E-state index contributed by atoms with van der Waals surface area (Å²) in [5.74, 6) is -0.361. The van der Waals surface area contributed by atoms with Gasteiger partial charge in [0.25, 0.3) is 11.5 Å². The number of benzene rings is 2. The van der Waals surface area contributed by atoms with Crippen LogP contribution in [0.4, 0.5) is 5.69 Å². The van der Waals surface area contributed by atoms with Crippen molar-refractivity contribution in [3.8, 4) is 0 Å². The van der Waals surface area contributed by atoms with Gasteiger partial charge in [0.2, 0.25) is 5.91 Å². The van der Waals surface area contributed by atoms with Crippen molar-refractivity contribution < 1.29 is 9.59 Å². The molecule has 196 valence electrons. The highest BCUT2D eigenvalue weighted by molar-refractivity contribution is 5.95. The van der Waals surface area contributed by atoms with E-state index in [9.17, 15) is 14.4 Å². The Labute approximate surface area is 222 Å². The molecule has 0 bridgehead atoms. The van der Waals surface area contributed by atoms with Crippen LogP contribution in [0.3, 0.4) is 0 Å². The third-order valence-electron chi connectivity index (χ3n) is 6.48. The summed E-state index contributed by atoms with van der Waals surface area (Å²) in [6.07, 6.45) is 3.29. The second-order valence-electron chi connectivity index (χ2n) is 9.20. The number of fused-ring (bicyclic) bond motifs is 1. The number of aromatic nitrogens is 2. The van der Waals surface area contributed by atoms with E-state index in [4.69, 9.17) is 10.7 Å². The molecule has 3 N–H and O–H groups in total. The molecule has 1 unspecified atom stereocenters. The number of hydrogen-bond donors (Lipinski definition) is 2. The molecular formula is C30H33N5O3. The van der Waals surface area contributed by atoms with Gasteiger partial charge in [-0.3, -0.25) is 18.8 Å². The van der Waals surface area contributed by atoms with Gasteiger partial charge in [-0.2, -0.15) is 0 Å². The van der Waals surface area contributed by atoms with Crippen LogP contribution in [0.25, 0.3) is 5.65 Å². The van der Waals surface area contributed by atoms with Gasteiger partial charge in [-0.05, 0) is 61.3 Å². The molecule has 1 atom stereocenters. The summed E-state index contributed by atoms with van der Waals surface area (Å²) in [6, 6.07) is 21.6. The maximum absolute atomic E-state index is 13.9. The number of nitrogens with one attached hydrogen (secondary N) is 1. The highest BCUT2D eigenvalue weighted by Gasteiger charge is 2.29.